The lowest BCUT2D eigenvalue weighted by molar-refractivity contribution is -0.116. The first-order valence-electron chi connectivity index (χ1n) is 9.37. The maximum absolute atomic E-state index is 12.5. The summed E-state index contributed by atoms with van der Waals surface area (Å²) in [7, 11) is 0. The van der Waals surface area contributed by atoms with Crippen LogP contribution in [0.5, 0.6) is 0 Å². The summed E-state index contributed by atoms with van der Waals surface area (Å²) in [5.41, 5.74) is 5.65. The molecule has 0 aliphatic carbocycles. The summed E-state index contributed by atoms with van der Waals surface area (Å²) in [6, 6.07) is 29.3. The van der Waals surface area contributed by atoms with E-state index in [-0.39, 0.29) is 11.8 Å². The zero-order chi connectivity index (χ0) is 19.1. The van der Waals surface area contributed by atoms with Crippen LogP contribution in [0.4, 0.5) is 5.69 Å². The summed E-state index contributed by atoms with van der Waals surface area (Å²) in [6.45, 7) is 0. The number of fused-ring (bicyclic) bond motifs is 3. The molecular weight excluding hydrogens is 410 g/mol. The van der Waals surface area contributed by atoms with Gasteiger partial charge in [-0.15, -0.1) is 0 Å². The highest BCUT2D eigenvalue weighted by Gasteiger charge is 2.28. The number of hydrogen-bond acceptors (Lipinski definition) is 1. The lowest BCUT2D eigenvalue weighted by Crippen LogP contribution is -2.23. The molecule has 1 aliphatic heterocycles. The van der Waals surface area contributed by atoms with Crippen LogP contribution < -0.4 is 5.32 Å². The topological polar surface area (TPSA) is 29.1 Å². The summed E-state index contributed by atoms with van der Waals surface area (Å²) < 4.78 is 1.06. The molecule has 1 aliphatic rings. The predicted octanol–water partition coefficient (Wildman–Crippen LogP) is 6.74. The van der Waals surface area contributed by atoms with Crippen LogP contribution in [-0.2, 0) is 4.79 Å². The van der Waals surface area contributed by atoms with E-state index in [1.54, 1.807) is 0 Å². The van der Waals surface area contributed by atoms with Crippen molar-refractivity contribution in [2.75, 3.05) is 5.32 Å². The van der Waals surface area contributed by atoms with Gasteiger partial charge in [0, 0.05) is 22.2 Å². The number of halogens is 1. The first kappa shape index (κ1) is 17.2. The van der Waals surface area contributed by atoms with Crippen molar-refractivity contribution >= 4 is 38.3 Å². The molecular formula is C25H18BrNO. The second-order valence-electron chi connectivity index (χ2n) is 7.16. The Morgan fingerprint density at radius 3 is 2.18 bits per heavy atom. The van der Waals surface area contributed by atoms with Crippen molar-refractivity contribution in [3.8, 4) is 11.1 Å². The number of carbonyl (C=O) groups excluding carboxylic acids is 1. The molecule has 0 aromatic heterocycles. The molecule has 1 atom stereocenters. The minimum Gasteiger partial charge on any atom is -0.325 e. The number of benzene rings is 4. The standard InChI is InChI=1S/C25H18BrNO/c26-23-14-22-21(15-24(28)27-25(22)20-9-5-4-8-19(20)23)18-12-10-17(11-13-18)16-6-2-1-3-7-16/h1-14,21H,15H2,(H,27,28)/t21-/m0/s1. The van der Waals surface area contributed by atoms with Crippen LogP contribution in [0.2, 0.25) is 0 Å². The van der Waals surface area contributed by atoms with Crippen molar-refractivity contribution in [2.24, 2.45) is 0 Å². The molecule has 1 N–H and O–H groups in total. The molecule has 0 saturated carbocycles. The van der Waals surface area contributed by atoms with Crippen molar-refractivity contribution < 1.29 is 4.79 Å². The van der Waals surface area contributed by atoms with E-state index in [1.807, 2.05) is 30.3 Å². The Morgan fingerprint density at radius 2 is 1.43 bits per heavy atom. The van der Waals surface area contributed by atoms with Gasteiger partial charge in [-0.25, -0.2) is 0 Å². The van der Waals surface area contributed by atoms with Crippen LogP contribution in [-0.4, -0.2) is 5.91 Å². The van der Waals surface area contributed by atoms with Crippen molar-refractivity contribution in [3.63, 3.8) is 0 Å². The third-order valence-electron chi connectivity index (χ3n) is 5.47. The highest BCUT2D eigenvalue weighted by atomic mass is 79.9. The molecule has 0 saturated heterocycles. The third-order valence-corrected chi connectivity index (χ3v) is 6.13. The first-order chi connectivity index (χ1) is 13.7. The molecule has 2 nitrogen and oxygen atoms in total. The van der Waals surface area contributed by atoms with E-state index in [1.165, 1.54) is 11.1 Å². The molecule has 4 aromatic carbocycles. The zero-order valence-corrected chi connectivity index (χ0v) is 16.7. The van der Waals surface area contributed by atoms with Gasteiger partial charge < -0.3 is 5.32 Å². The molecule has 0 fully saturated rings. The highest BCUT2D eigenvalue weighted by molar-refractivity contribution is 9.10. The van der Waals surface area contributed by atoms with Gasteiger partial charge in [-0.3, -0.25) is 4.79 Å². The normalized spacial score (nSPS) is 15.9. The molecule has 4 aromatic rings. The van der Waals surface area contributed by atoms with Crippen molar-refractivity contribution in [2.45, 2.75) is 12.3 Å². The fourth-order valence-corrected chi connectivity index (χ4v) is 4.68. The predicted molar refractivity (Wildman–Crippen MR) is 119 cm³/mol. The van der Waals surface area contributed by atoms with Crippen molar-refractivity contribution in [1.82, 2.24) is 0 Å². The van der Waals surface area contributed by atoms with Gasteiger partial charge in [-0.2, -0.15) is 0 Å². The van der Waals surface area contributed by atoms with Crippen LogP contribution in [0, 0.1) is 0 Å². The van der Waals surface area contributed by atoms with Crippen LogP contribution in [0.25, 0.3) is 21.9 Å². The number of hydrogen-bond donors (Lipinski definition) is 1. The SMILES string of the molecule is O=C1C[C@@H](c2ccc(-c3ccccc3)cc2)c2cc(Br)c3ccccc3c2N1. The van der Waals surface area contributed by atoms with Gasteiger partial charge >= 0.3 is 0 Å². The number of rotatable bonds is 2. The lowest BCUT2D eigenvalue weighted by Gasteiger charge is -2.28. The summed E-state index contributed by atoms with van der Waals surface area (Å²) in [5.74, 6) is 0.117. The molecule has 1 amide bonds. The third kappa shape index (κ3) is 2.92. The molecule has 5 rings (SSSR count). The fraction of sp³-hybridized carbons (Fsp3) is 0.0800. The Labute approximate surface area is 172 Å². The van der Waals surface area contributed by atoms with Crippen molar-refractivity contribution in [1.29, 1.82) is 0 Å². The second kappa shape index (κ2) is 6.92. The van der Waals surface area contributed by atoms with Gasteiger partial charge in [0.1, 0.15) is 0 Å². The minimum absolute atomic E-state index is 0.0504. The van der Waals surface area contributed by atoms with Gasteiger partial charge in [0.25, 0.3) is 0 Å². The Kier molecular flexibility index (Phi) is 4.25. The van der Waals surface area contributed by atoms with Crippen LogP contribution in [0.3, 0.4) is 0 Å². The van der Waals surface area contributed by atoms with Crippen molar-refractivity contribution in [3.05, 3.63) is 101 Å². The summed E-state index contributed by atoms with van der Waals surface area (Å²) in [5, 5.41) is 5.29. The Morgan fingerprint density at radius 1 is 0.786 bits per heavy atom. The van der Waals surface area contributed by atoms with E-state index in [0.29, 0.717) is 6.42 Å². The average Bonchev–Trinajstić information content (AvgIpc) is 2.75. The van der Waals surface area contributed by atoms with E-state index in [2.05, 4.69) is 75.8 Å². The maximum atomic E-state index is 12.5. The lowest BCUT2D eigenvalue weighted by atomic mass is 9.83. The van der Waals surface area contributed by atoms with E-state index in [0.717, 1.165) is 32.1 Å². The van der Waals surface area contributed by atoms with E-state index < -0.39 is 0 Å². The number of carbonyl (C=O) groups is 1. The molecule has 0 spiro atoms. The molecule has 1 heterocycles. The molecule has 136 valence electrons. The Balaban J connectivity index is 1.61. The summed E-state index contributed by atoms with van der Waals surface area (Å²) >= 11 is 3.72. The highest BCUT2D eigenvalue weighted by Crippen LogP contribution is 2.43. The Hall–Kier alpha value is -2.91. The molecule has 0 unspecified atom stereocenters. The monoisotopic (exact) mass is 427 g/mol. The summed E-state index contributed by atoms with van der Waals surface area (Å²) in [4.78, 5) is 12.5. The molecule has 0 radical (unpaired) electrons. The molecule has 28 heavy (non-hydrogen) atoms. The van der Waals surface area contributed by atoms with Gasteiger partial charge in [0.2, 0.25) is 5.91 Å². The minimum atomic E-state index is 0.0504. The average molecular weight is 428 g/mol. The maximum Gasteiger partial charge on any atom is 0.225 e. The van der Waals surface area contributed by atoms with Gasteiger partial charge in [-0.1, -0.05) is 94.8 Å². The zero-order valence-electron chi connectivity index (χ0n) is 15.2. The smallest absolute Gasteiger partial charge is 0.225 e. The van der Waals surface area contributed by atoms with E-state index >= 15 is 0 Å². The van der Waals surface area contributed by atoms with Crippen LogP contribution >= 0.6 is 15.9 Å². The fourth-order valence-electron chi connectivity index (χ4n) is 4.09. The van der Waals surface area contributed by atoms with Gasteiger partial charge in [-0.05, 0) is 33.7 Å². The number of nitrogens with one attached hydrogen (secondary N) is 1. The summed E-state index contributed by atoms with van der Waals surface area (Å²) in [6.07, 6.45) is 0.461. The van der Waals surface area contributed by atoms with Gasteiger partial charge in [0.05, 0.1) is 5.69 Å². The first-order valence-corrected chi connectivity index (χ1v) is 10.2. The largest absolute Gasteiger partial charge is 0.325 e. The number of amides is 1. The molecule has 0 bridgehead atoms. The Bertz CT molecular complexity index is 1180. The van der Waals surface area contributed by atoms with Crippen LogP contribution in [0.15, 0.2) is 89.4 Å². The number of anilines is 1. The quantitative estimate of drug-likeness (QED) is 0.376. The van der Waals surface area contributed by atoms with E-state index in [9.17, 15) is 4.79 Å². The second-order valence-corrected chi connectivity index (χ2v) is 8.02. The van der Waals surface area contributed by atoms with Gasteiger partial charge in [0.15, 0.2) is 0 Å². The molecule has 3 heteroatoms. The van der Waals surface area contributed by atoms with Crippen LogP contribution in [0.1, 0.15) is 23.5 Å². The van der Waals surface area contributed by atoms with E-state index in [4.69, 9.17) is 0 Å².